The summed E-state index contributed by atoms with van der Waals surface area (Å²) in [6.07, 6.45) is 5.45. The lowest BCUT2D eigenvalue weighted by molar-refractivity contribution is -0.116. The fourth-order valence-corrected chi connectivity index (χ4v) is 4.00. The highest BCUT2D eigenvalue weighted by atomic mass is 32.2. The van der Waals surface area contributed by atoms with Gasteiger partial charge < -0.3 is 4.90 Å². The van der Waals surface area contributed by atoms with Crippen molar-refractivity contribution in [1.82, 2.24) is 19.7 Å². The Morgan fingerprint density at radius 2 is 2.03 bits per heavy atom. The predicted octanol–water partition coefficient (Wildman–Crippen LogP) is 4.18. The van der Waals surface area contributed by atoms with E-state index < -0.39 is 0 Å². The van der Waals surface area contributed by atoms with E-state index in [9.17, 15) is 4.79 Å². The van der Waals surface area contributed by atoms with Crippen molar-refractivity contribution < 1.29 is 4.79 Å². The Hall–Kier alpha value is -3.44. The summed E-state index contributed by atoms with van der Waals surface area (Å²) < 4.78 is 1.93. The van der Waals surface area contributed by atoms with E-state index in [1.807, 2.05) is 48.7 Å². The lowest BCUT2D eigenvalue weighted by Crippen LogP contribution is -2.34. The van der Waals surface area contributed by atoms with Crippen molar-refractivity contribution in [3.8, 4) is 17.5 Å². The minimum Gasteiger partial charge on any atom is -0.310 e. The molecule has 0 spiro atoms. The van der Waals surface area contributed by atoms with E-state index >= 15 is 0 Å². The van der Waals surface area contributed by atoms with Crippen LogP contribution in [0.4, 0.5) is 5.69 Å². The quantitative estimate of drug-likeness (QED) is 0.372. The second kappa shape index (κ2) is 10.5. The number of amides is 1. The molecule has 7 nitrogen and oxygen atoms in total. The van der Waals surface area contributed by atoms with Crippen LogP contribution >= 0.6 is 11.8 Å². The average molecular weight is 433 g/mol. The van der Waals surface area contributed by atoms with Crippen molar-refractivity contribution in [2.24, 2.45) is 0 Å². The molecule has 3 aromatic rings. The van der Waals surface area contributed by atoms with E-state index in [2.05, 4.69) is 27.8 Å². The topological polar surface area (TPSA) is 87.7 Å². The Balaban J connectivity index is 1.82. The summed E-state index contributed by atoms with van der Waals surface area (Å²) in [5.74, 6) is 0.811. The number of allylic oxidation sites excluding steroid dienone is 1. The van der Waals surface area contributed by atoms with Gasteiger partial charge >= 0.3 is 0 Å². The first-order chi connectivity index (χ1) is 15.1. The maximum absolute atomic E-state index is 13.1. The molecule has 0 N–H and O–H groups in total. The van der Waals surface area contributed by atoms with Gasteiger partial charge in [0.1, 0.15) is 0 Å². The van der Waals surface area contributed by atoms with Crippen molar-refractivity contribution in [3.63, 3.8) is 0 Å². The van der Waals surface area contributed by atoms with E-state index in [4.69, 9.17) is 5.26 Å². The zero-order valence-electron chi connectivity index (χ0n) is 17.7. The third-order valence-electron chi connectivity index (χ3n) is 4.91. The monoisotopic (exact) mass is 432 g/mol. The molecule has 1 aromatic carbocycles. The average Bonchev–Trinajstić information content (AvgIpc) is 3.18. The van der Waals surface area contributed by atoms with E-state index in [1.165, 1.54) is 11.8 Å². The number of thioether (sulfide) groups is 1. The third kappa shape index (κ3) is 5.19. The van der Waals surface area contributed by atoms with Gasteiger partial charge in [-0.15, -0.1) is 16.8 Å². The molecule has 0 aliphatic carbocycles. The first-order valence-electron chi connectivity index (χ1n) is 9.87. The van der Waals surface area contributed by atoms with Gasteiger partial charge in [0.25, 0.3) is 0 Å². The highest BCUT2D eigenvalue weighted by Crippen LogP contribution is 2.27. The molecule has 0 unspecified atom stereocenters. The largest absolute Gasteiger partial charge is 0.310 e. The lowest BCUT2D eigenvalue weighted by atomic mass is 10.1. The number of carbonyl (C=O) groups is 1. The van der Waals surface area contributed by atoms with Crippen LogP contribution in [-0.4, -0.2) is 38.0 Å². The number of hydrogen-bond donors (Lipinski definition) is 0. The second-order valence-corrected chi connectivity index (χ2v) is 7.85. The van der Waals surface area contributed by atoms with Crippen molar-refractivity contribution in [3.05, 3.63) is 66.5 Å². The number of nitrogens with zero attached hydrogens (tertiary/aromatic N) is 6. The zero-order chi connectivity index (χ0) is 22.2. The molecule has 0 aliphatic heterocycles. The Morgan fingerprint density at radius 3 is 2.74 bits per heavy atom. The molecule has 0 saturated heterocycles. The first kappa shape index (κ1) is 22.2. The SMILES string of the molecule is C=CCn1c(SCC(=O)N(CCC#N)c2cccc(C)c2C)nnc1-c1ccncc1. The van der Waals surface area contributed by atoms with Crippen LogP contribution in [0, 0.1) is 25.2 Å². The summed E-state index contributed by atoms with van der Waals surface area (Å²) in [7, 11) is 0. The fourth-order valence-electron chi connectivity index (χ4n) is 3.18. The summed E-state index contributed by atoms with van der Waals surface area (Å²) in [4.78, 5) is 18.9. The Bertz CT molecular complexity index is 1100. The smallest absolute Gasteiger partial charge is 0.237 e. The van der Waals surface area contributed by atoms with Crippen LogP contribution in [0.1, 0.15) is 17.5 Å². The molecule has 0 saturated carbocycles. The molecular weight excluding hydrogens is 408 g/mol. The Labute approximate surface area is 186 Å². The van der Waals surface area contributed by atoms with Crippen LogP contribution in [0.15, 0.2) is 60.5 Å². The van der Waals surface area contributed by atoms with Crippen molar-refractivity contribution in [2.45, 2.75) is 32.0 Å². The standard InChI is InChI=1S/C23H24N6OS/c1-4-14-29-22(19-9-12-25-13-10-19)26-27-23(29)31-16-21(30)28(15-6-11-24)20-8-5-7-17(2)18(20)3/h4-5,7-10,12-13H,1,6,14-16H2,2-3H3. The van der Waals surface area contributed by atoms with Gasteiger partial charge in [0, 0.05) is 36.7 Å². The highest BCUT2D eigenvalue weighted by molar-refractivity contribution is 7.99. The molecular formula is C23H24N6OS. The van der Waals surface area contributed by atoms with Crippen LogP contribution in [0.25, 0.3) is 11.4 Å². The Morgan fingerprint density at radius 1 is 1.26 bits per heavy atom. The second-order valence-electron chi connectivity index (χ2n) is 6.90. The summed E-state index contributed by atoms with van der Waals surface area (Å²) in [6.45, 7) is 8.70. The van der Waals surface area contributed by atoms with Crippen molar-refractivity contribution >= 4 is 23.4 Å². The normalized spacial score (nSPS) is 10.5. The van der Waals surface area contributed by atoms with Gasteiger partial charge in [-0.1, -0.05) is 30.0 Å². The first-order valence-corrected chi connectivity index (χ1v) is 10.9. The van der Waals surface area contributed by atoms with Crippen molar-refractivity contribution in [2.75, 3.05) is 17.2 Å². The molecule has 0 bridgehead atoms. The zero-order valence-corrected chi connectivity index (χ0v) is 18.5. The number of hydrogen-bond acceptors (Lipinski definition) is 6. The van der Waals surface area contributed by atoms with Gasteiger partial charge in [0.05, 0.1) is 18.2 Å². The number of pyridine rings is 1. The number of anilines is 1. The molecule has 2 heterocycles. The lowest BCUT2D eigenvalue weighted by Gasteiger charge is -2.24. The molecule has 1 amide bonds. The molecule has 31 heavy (non-hydrogen) atoms. The van der Waals surface area contributed by atoms with Gasteiger partial charge in [-0.3, -0.25) is 14.3 Å². The molecule has 0 atom stereocenters. The van der Waals surface area contributed by atoms with Gasteiger partial charge in [-0.25, -0.2) is 0 Å². The molecule has 0 fully saturated rings. The van der Waals surface area contributed by atoms with E-state index in [-0.39, 0.29) is 18.1 Å². The van der Waals surface area contributed by atoms with Gasteiger partial charge in [0.15, 0.2) is 11.0 Å². The maximum Gasteiger partial charge on any atom is 0.237 e. The summed E-state index contributed by atoms with van der Waals surface area (Å²) in [5, 5.41) is 18.3. The molecule has 158 valence electrons. The summed E-state index contributed by atoms with van der Waals surface area (Å²) >= 11 is 1.33. The summed E-state index contributed by atoms with van der Waals surface area (Å²) in [5.41, 5.74) is 3.88. The number of nitriles is 1. The van der Waals surface area contributed by atoms with Gasteiger partial charge in [-0.05, 0) is 43.2 Å². The highest BCUT2D eigenvalue weighted by Gasteiger charge is 2.20. The number of aromatic nitrogens is 4. The summed E-state index contributed by atoms with van der Waals surface area (Å²) in [6, 6.07) is 11.7. The number of aryl methyl sites for hydroxylation is 1. The van der Waals surface area contributed by atoms with Crippen LogP contribution < -0.4 is 4.90 Å². The van der Waals surface area contributed by atoms with E-state index in [1.54, 1.807) is 23.4 Å². The number of benzene rings is 1. The molecule has 2 aromatic heterocycles. The van der Waals surface area contributed by atoms with Gasteiger partial charge in [-0.2, -0.15) is 5.26 Å². The van der Waals surface area contributed by atoms with E-state index in [0.717, 1.165) is 22.4 Å². The van der Waals surface area contributed by atoms with Crippen LogP contribution in [0.3, 0.4) is 0 Å². The third-order valence-corrected chi connectivity index (χ3v) is 5.86. The van der Waals surface area contributed by atoms with Gasteiger partial charge in [0.2, 0.25) is 5.91 Å². The Kier molecular flexibility index (Phi) is 7.57. The molecule has 8 heteroatoms. The van der Waals surface area contributed by atoms with Crippen LogP contribution in [0.5, 0.6) is 0 Å². The minimum absolute atomic E-state index is 0.0763. The van der Waals surface area contributed by atoms with Crippen molar-refractivity contribution in [1.29, 1.82) is 5.26 Å². The minimum atomic E-state index is -0.0763. The molecule has 3 rings (SSSR count). The predicted molar refractivity (Wildman–Crippen MR) is 123 cm³/mol. The molecule has 0 aliphatic rings. The maximum atomic E-state index is 13.1. The van der Waals surface area contributed by atoms with Crippen LogP contribution in [0.2, 0.25) is 0 Å². The molecule has 0 radical (unpaired) electrons. The number of carbonyl (C=O) groups excluding carboxylic acids is 1. The van der Waals surface area contributed by atoms with Crippen LogP contribution in [-0.2, 0) is 11.3 Å². The van der Waals surface area contributed by atoms with E-state index in [0.29, 0.717) is 24.1 Å². The number of rotatable bonds is 9. The fraction of sp³-hybridized carbons (Fsp3) is 0.261.